The Morgan fingerprint density at radius 3 is 2.37 bits per heavy atom. The maximum Gasteiger partial charge on any atom is 0.376 e. The highest BCUT2D eigenvalue weighted by Gasteiger charge is 2.23. The van der Waals surface area contributed by atoms with Crippen LogP contribution in [0, 0.1) is 0 Å². The molecule has 0 heterocycles. The second kappa shape index (κ2) is 7.27. The maximum atomic E-state index is 11.5. The lowest BCUT2D eigenvalue weighted by atomic mass is 10.1. The molecule has 0 aliphatic carbocycles. The molecule has 0 saturated heterocycles. The lowest BCUT2D eigenvalue weighted by molar-refractivity contribution is -0.155. The number of carbonyl (C=O) groups excluding carboxylic acids is 3. The van der Waals surface area contributed by atoms with Gasteiger partial charge in [0.15, 0.2) is 0 Å². The molecule has 0 spiro atoms. The summed E-state index contributed by atoms with van der Waals surface area (Å²) in [5, 5.41) is 0. The molecule has 6 heteroatoms. The van der Waals surface area contributed by atoms with Crippen LogP contribution in [0.5, 0.6) is 0 Å². The van der Waals surface area contributed by atoms with Crippen LogP contribution in [0.3, 0.4) is 0 Å². The molecule has 0 fully saturated rings. The Kier molecular flexibility index (Phi) is 5.69. The summed E-state index contributed by atoms with van der Waals surface area (Å²) in [6.07, 6.45) is -0.00647. The molecule has 0 radical (unpaired) electrons. The minimum atomic E-state index is -1.06. The third-order valence-corrected chi connectivity index (χ3v) is 2.45. The van der Waals surface area contributed by atoms with E-state index in [2.05, 4.69) is 0 Å². The number of amides is 1. The van der Waals surface area contributed by atoms with E-state index in [-0.39, 0.29) is 19.4 Å². The molecule has 102 valence electrons. The molecule has 1 amide bonds. The average Bonchev–Trinajstić information content (AvgIpc) is 2.42. The predicted molar refractivity (Wildman–Crippen MR) is 67.6 cm³/mol. The van der Waals surface area contributed by atoms with E-state index in [0.717, 1.165) is 5.56 Å². The Bertz CT molecular complexity index is 459. The summed E-state index contributed by atoms with van der Waals surface area (Å²) in [7, 11) is 0. The standard InChI is InChI=1S/C13H16N2O4/c14-10(6-7-11(15)16)12(17)13(18)19-8-9-4-2-1-3-5-9/h1-5,10H,6-8,14H2,(H2,15,16)/t10-/m0/s1. The maximum absolute atomic E-state index is 11.5. The highest BCUT2D eigenvalue weighted by molar-refractivity contribution is 6.35. The molecule has 19 heavy (non-hydrogen) atoms. The summed E-state index contributed by atoms with van der Waals surface area (Å²) in [6.45, 7) is 0.00789. The Balaban J connectivity index is 2.40. The van der Waals surface area contributed by atoms with E-state index < -0.39 is 23.7 Å². The van der Waals surface area contributed by atoms with Crippen molar-refractivity contribution in [2.24, 2.45) is 11.5 Å². The van der Waals surface area contributed by atoms with E-state index in [1.54, 1.807) is 24.3 Å². The summed E-state index contributed by atoms with van der Waals surface area (Å²) < 4.78 is 4.83. The fraction of sp³-hybridized carbons (Fsp3) is 0.308. The Morgan fingerprint density at radius 1 is 1.16 bits per heavy atom. The van der Waals surface area contributed by atoms with E-state index in [4.69, 9.17) is 16.2 Å². The molecule has 0 aliphatic heterocycles. The van der Waals surface area contributed by atoms with Crippen LogP contribution in [0.4, 0.5) is 0 Å². The topological polar surface area (TPSA) is 112 Å². The molecule has 0 saturated carbocycles. The van der Waals surface area contributed by atoms with Crippen LogP contribution in [0.15, 0.2) is 30.3 Å². The van der Waals surface area contributed by atoms with Crippen LogP contribution >= 0.6 is 0 Å². The molecule has 1 aromatic carbocycles. The lowest BCUT2D eigenvalue weighted by Crippen LogP contribution is -2.37. The highest BCUT2D eigenvalue weighted by atomic mass is 16.5. The van der Waals surface area contributed by atoms with Gasteiger partial charge in [-0.25, -0.2) is 4.79 Å². The first kappa shape index (κ1) is 14.8. The second-order valence-corrected chi connectivity index (χ2v) is 4.04. The third-order valence-electron chi connectivity index (χ3n) is 2.45. The van der Waals surface area contributed by atoms with E-state index in [1.807, 2.05) is 6.07 Å². The number of Topliss-reactive ketones (excluding diaryl/α,β-unsaturated/α-hetero) is 1. The van der Waals surface area contributed by atoms with Crippen molar-refractivity contribution in [3.8, 4) is 0 Å². The minimum absolute atomic E-state index is 0.00789. The van der Waals surface area contributed by atoms with E-state index in [0.29, 0.717) is 0 Å². The smallest absolute Gasteiger partial charge is 0.376 e. The molecule has 0 aliphatic rings. The molecule has 6 nitrogen and oxygen atoms in total. The monoisotopic (exact) mass is 264 g/mol. The first-order valence-corrected chi connectivity index (χ1v) is 5.79. The molecule has 1 aromatic rings. The number of ether oxygens (including phenoxy) is 1. The fourth-order valence-electron chi connectivity index (χ4n) is 1.37. The molecular weight excluding hydrogens is 248 g/mol. The van der Waals surface area contributed by atoms with Gasteiger partial charge in [-0.15, -0.1) is 0 Å². The largest absolute Gasteiger partial charge is 0.455 e. The molecule has 1 rings (SSSR count). The Morgan fingerprint density at radius 2 is 1.79 bits per heavy atom. The first-order chi connectivity index (χ1) is 9.00. The van der Waals surface area contributed by atoms with Crippen LogP contribution in [0.1, 0.15) is 18.4 Å². The van der Waals surface area contributed by atoms with Crippen LogP contribution in [0.25, 0.3) is 0 Å². The van der Waals surface area contributed by atoms with E-state index in [9.17, 15) is 14.4 Å². The van der Waals surface area contributed by atoms with Crippen LogP contribution in [-0.2, 0) is 25.7 Å². The van der Waals surface area contributed by atoms with E-state index in [1.165, 1.54) is 0 Å². The number of rotatable bonds is 7. The van der Waals surface area contributed by atoms with Gasteiger partial charge in [-0.2, -0.15) is 0 Å². The van der Waals surface area contributed by atoms with Gasteiger partial charge in [0, 0.05) is 6.42 Å². The minimum Gasteiger partial charge on any atom is -0.455 e. The van der Waals surface area contributed by atoms with Gasteiger partial charge in [-0.1, -0.05) is 30.3 Å². The number of ketones is 1. The predicted octanol–water partition coefficient (Wildman–Crippen LogP) is -0.108. The Labute approximate surface area is 110 Å². The Hall–Kier alpha value is -2.21. The van der Waals surface area contributed by atoms with Crippen molar-refractivity contribution in [1.82, 2.24) is 0 Å². The van der Waals surface area contributed by atoms with Crippen molar-refractivity contribution in [3.63, 3.8) is 0 Å². The summed E-state index contributed by atoms with van der Waals surface area (Å²) in [5.41, 5.74) is 11.2. The zero-order chi connectivity index (χ0) is 14.3. The van der Waals surface area contributed by atoms with Crippen molar-refractivity contribution in [2.75, 3.05) is 0 Å². The van der Waals surface area contributed by atoms with Gasteiger partial charge in [-0.3, -0.25) is 9.59 Å². The van der Waals surface area contributed by atoms with Gasteiger partial charge in [0.1, 0.15) is 6.61 Å². The van der Waals surface area contributed by atoms with Gasteiger partial charge in [0.25, 0.3) is 5.78 Å². The summed E-state index contributed by atoms with van der Waals surface area (Å²) >= 11 is 0. The first-order valence-electron chi connectivity index (χ1n) is 5.79. The number of hydrogen-bond acceptors (Lipinski definition) is 5. The van der Waals surface area contributed by atoms with Crippen LogP contribution < -0.4 is 11.5 Å². The van der Waals surface area contributed by atoms with Gasteiger partial charge in [-0.05, 0) is 12.0 Å². The lowest BCUT2D eigenvalue weighted by Gasteiger charge is -2.09. The number of nitrogens with two attached hydrogens (primary N) is 2. The molecule has 0 bridgehead atoms. The summed E-state index contributed by atoms with van der Waals surface area (Å²) in [6, 6.07) is 7.90. The van der Waals surface area contributed by atoms with Crippen molar-refractivity contribution < 1.29 is 19.1 Å². The number of benzene rings is 1. The fourth-order valence-corrected chi connectivity index (χ4v) is 1.37. The van der Waals surface area contributed by atoms with Crippen LogP contribution in [0.2, 0.25) is 0 Å². The second-order valence-electron chi connectivity index (χ2n) is 4.04. The summed E-state index contributed by atoms with van der Waals surface area (Å²) in [5.74, 6) is -2.42. The summed E-state index contributed by atoms with van der Waals surface area (Å²) in [4.78, 5) is 33.5. The van der Waals surface area contributed by atoms with Gasteiger partial charge >= 0.3 is 5.97 Å². The third kappa shape index (κ3) is 5.31. The van der Waals surface area contributed by atoms with Crippen molar-refractivity contribution in [3.05, 3.63) is 35.9 Å². The molecule has 1 atom stereocenters. The molecule has 0 unspecified atom stereocenters. The quantitative estimate of drug-likeness (QED) is 0.527. The van der Waals surface area contributed by atoms with Gasteiger partial charge in [0.2, 0.25) is 5.91 Å². The van der Waals surface area contributed by atoms with Crippen molar-refractivity contribution in [1.29, 1.82) is 0 Å². The van der Waals surface area contributed by atoms with E-state index >= 15 is 0 Å². The molecule has 0 aromatic heterocycles. The number of esters is 1. The number of carbonyl (C=O) groups is 3. The van der Waals surface area contributed by atoms with Gasteiger partial charge in [0.05, 0.1) is 6.04 Å². The highest BCUT2D eigenvalue weighted by Crippen LogP contribution is 2.03. The zero-order valence-corrected chi connectivity index (χ0v) is 10.4. The SMILES string of the molecule is NC(=O)CC[C@H](N)C(=O)C(=O)OCc1ccccc1. The van der Waals surface area contributed by atoms with Crippen molar-refractivity contribution in [2.45, 2.75) is 25.5 Å². The average molecular weight is 264 g/mol. The van der Waals surface area contributed by atoms with Gasteiger partial charge < -0.3 is 16.2 Å². The molecular formula is C13H16N2O4. The number of primary amides is 1. The van der Waals surface area contributed by atoms with Crippen molar-refractivity contribution >= 4 is 17.7 Å². The molecule has 4 N–H and O–H groups in total. The zero-order valence-electron chi connectivity index (χ0n) is 10.4. The van der Waals surface area contributed by atoms with Crippen LogP contribution in [-0.4, -0.2) is 23.7 Å². The number of hydrogen-bond donors (Lipinski definition) is 2. The normalized spacial score (nSPS) is 11.6.